The minimum Gasteiger partial charge on any atom is -0.492 e. The monoisotopic (exact) mass is 288 g/mol. The maximum absolute atomic E-state index is 11.4. The third kappa shape index (κ3) is 4.47. The van der Waals surface area contributed by atoms with Crippen LogP contribution in [0.2, 0.25) is 0 Å². The van der Waals surface area contributed by atoms with Crippen molar-refractivity contribution in [3.63, 3.8) is 0 Å². The van der Waals surface area contributed by atoms with Crippen LogP contribution in [0.4, 0.5) is 0 Å². The van der Waals surface area contributed by atoms with Crippen LogP contribution in [0, 0.1) is 17.2 Å². The molecule has 0 bridgehead atoms. The average molecular weight is 288 g/mol. The van der Waals surface area contributed by atoms with Gasteiger partial charge in [0.25, 0.3) is 0 Å². The molecule has 1 aliphatic heterocycles. The molecule has 0 radical (unpaired) electrons. The Bertz CT molecular complexity index is 499. The second-order valence-corrected chi connectivity index (χ2v) is 5.12. The zero-order valence-corrected chi connectivity index (χ0v) is 12.2. The molecule has 0 atom stereocenters. The Labute approximate surface area is 125 Å². The number of likely N-dealkylation sites (tertiary alicyclic amines) is 1. The molecule has 1 aliphatic rings. The van der Waals surface area contributed by atoms with E-state index >= 15 is 0 Å². The van der Waals surface area contributed by atoms with Gasteiger partial charge < -0.3 is 9.47 Å². The number of esters is 1. The lowest BCUT2D eigenvalue weighted by molar-refractivity contribution is -0.147. The van der Waals surface area contributed by atoms with E-state index in [1.165, 1.54) is 7.11 Å². The first-order valence-electron chi connectivity index (χ1n) is 7.16. The predicted octanol–water partition coefficient (Wildman–Crippen LogP) is 1.82. The van der Waals surface area contributed by atoms with Gasteiger partial charge in [0, 0.05) is 6.54 Å². The molecule has 1 heterocycles. The standard InChI is InChI=1S/C16H20N2O3/c1-20-16(19)14-6-8-18(9-7-14)10-11-21-15-4-2-13(12-17)3-5-15/h2-5,14H,6-11H2,1H3. The van der Waals surface area contributed by atoms with Gasteiger partial charge in [-0.2, -0.15) is 5.26 Å². The SMILES string of the molecule is COC(=O)C1CCN(CCOc2ccc(C#N)cc2)CC1. The normalized spacial score (nSPS) is 16.2. The highest BCUT2D eigenvalue weighted by Crippen LogP contribution is 2.18. The van der Waals surface area contributed by atoms with Crippen molar-refractivity contribution in [3.05, 3.63) is 29.8 Å². The van der Waals surface area contributed by atoms with Crippen molar-refractivity contribution in [2.45, 2.75) is 12.8 Å². The molecule has 5 heteroatoms. The lowest BCUT2D eigenvalue weighted by Gasteiger charge is -2.30. The number of hydrogen-bond acceptors (Lipinski definition) is 5. The van der Waals surface area contributed by atoms with Gasteiger partial charge in [-0.25, -0.2) is 0 Å². The molecule has 0 N–H and O–H groups in total. The summed E-state index contributed by atoms with van der Waals surface area (Å²) in [5.74, 6) is 0.729. The summed E-state index contributed by atoms with van der Waals surface area (Å²) in [6.07, 6.45) is 1.70. The minimum absolute atomic E-state index is 0.0469. The first-order chi connectivity index (χ1) is 10.2. The molecule has 5 nitrogen and oxygen atoms in total. The Morgan fingerprint density at radius 2 is 2.00 bits per heavy atom. The van der Waals surface area contributed by atoms with E-state index in [4.69, 9.17) is 14.7 Å². The molecule has 0 aromatic heterocycles. The number of carbonyl (C=O) groups excluding carboxylic acids is 1. The van der Waals surface area contributed by atoms with Crippen LogP contribution < -0.4 is 4.74 Å². The van der Waals surface area contributed by atoms with Crippen molar-refractivity contribution in [1.82, 2.24) is 4.90 Å². The van der Waals surface area contributed by atoms with E-state index in [2.05, 4.69) is 11.0 Å². The fraction of sp³-hybridized carbons (Fsp3) is 0.500. The smallest absolute Gasteiger partial charge is 0.308 e. The Morgan fingerprint density at radius 3 is 2.57 bits per heavy atom. The molecule has 0 aliphatic carbocycles. The van der Waals surface area contributed by atoms with Crippen molar-refractivity contribution in [2.75, 3.05) is 33.4 Å². The van der Waals surface area contributed by atoms with E-state index in [0.29, 0.717) is 12.2 Å². The van der Waals surface area contributed by atoms with Gasteiger partial charge in [0.15, 0.2) is 0 Å². The number of piperidine rings is 1. The van der Waals surface area contributed by atoms with Crippen LogP contribution in [0.15, 0.2) is 24.3 Å². The summed E-state index contributed by atoms with van der Waals surface area (Å²) in [7, 11) is 1.44. The van der Waals surface area contributed by atoms with Crippen LogP contribution in [0.3, 0.4) is 0 Å². The van der Waals surface area contributed by atoms with Gasteiger partial charge in [-0.3, -0.25) is 9.69 Å². The number of methoxy groups -OCH3 is 1. The van der Waals surface area contributed by atoms with Crippen LogP contribution in [-0.2, 0) is 9.53 Å². The molecule has 21 heavy (non-hydrogen) atoms. The highest BCUT2D eigenvalue weighted by molar-refractivity contribution is 5.72. The third-order valence-corrected chi connectivity index (χ3v) is 3.78. The Kier molecular flexibility index (Phi) is 5.59. The topological polar surface area (TPSA) is 62.6 Å². The van der Waals surface area contributed by atoms with Crippen LogP contribution in [0.25, 0.3) is 0 Å². The number of nitrogens with zero attached hydrogens (tertiary/aromatic N) is 2. The summed E-state index contributed by atoms with van der Waals surface area (Å²) in [4.78, 5) is 13.7. The Morgan fingerprint density at radius 1 is 1.33 bits per heavy atom. The lowest BCUT2D eigenvalue weighted by atomic mass is 9.97. The van der Waals surface area contributed by atoms with Crippen LogP contribution in [0.5, 0.6) is 5.75 Å². The highest BCUT2D eigenvalue weighted by Gasteiger charge is 2.25. The Balaban J connectivity index is 1.68. The predicted molar refractivity (Wildman–Crippen MR) is 77.8 cm³/mol. The first-order valence-corrected chi connectivity index (χ1v) is 7.16. The zero-order chi connectivity index (χ0) is 15.1. The summed E-state index contributed by atoms with van der Waals surface area (Å²) in [6.45, 7) is 3.25. The zero-order valence-electron chi connectivity index (χ0n) is 12.2. The number of rotatable bonds is 5. The van der Waals surface area contributed by atoms with Gasteiger partial charge >= 0.3 is 5.97 Å². The second-order valence-electron chi connectivity index (χ2n) is 5.12. The molecule has 0 unspecified atom stereocenters. The van der Waals surface area contributed by atoms with Crippen molar-refractivity contribution >= 4 is 5.97 Å². The fourth-order valence-corrected chi connectivity index (χ4v) is 2.48. The summed E-state index contributed by atoms with van der Waals surface area (Å²) in [6, 6.07) is 9.19. The molecule has 112 valence electrons. The van der Waals surface area contributed by atoms with Crippen molar-refractivity contribution in [3.8, 4) is 11.8 Å². The molecule has 1 aromatic rings. The quantitative estimate of drug-likeness (QED) is 0.773. The van der Waals surface area contributed by atoms with E-state index in [1.54, 1.807) is 12.1 Å². The highest BCUT2D eigenvalue weighted by atomic mass is 16.5. The molecular formula is C16H20N2O3. The van der Waals surface area contributed by atoms with Gasteiger partial charge in [-0.1, -0.05) is 0 Å². The summed E-state index contributed by atoms with van der Waals surface area (Å²) < 4.78 is 10.4. The van der Waals surface area contributed by atoms with E-state index in [9.17, 15) is 4.79 Å². The summed E-state index contributed by atoms with van der Waals surface area (Å²) in [5.41, 5.74) is 0.632. The van der Waals surface area contributed by atoms with Gasteiger partial charge in [0.1, 0.15) is 12.4 Å². The van der Waals surface area contributed by atoms with E-state index < -0.39 is 0 Å². The number of hydrogen-bond donors (Lipinski definition) is 0. The van der Waals surface area contributed by atoms with Gasteiger partial charge in [-0.05, 0) is 50.2 Å². The maximum Gasteiger partial charge on any atom is 0.308 e. The van der Waals surface area contributed by atoms with Gasteiger partial charge in [0.05, 0.1) is 24.7 Å². The lowest BCUT2D eigenvalue weighted by Crippen LogP contribution is -2.38. The van der Waals surface area contributed by atoms with Gasteiger partial charge in [-0.15, -0.1) is 0 Å². The van der Waals surface area contributed by atoms with Gasteiger partial charge in [0.2, 0.25) is 0 Å². The molecule has 2 rings (SSSR count). The van der Waals surface area contributed by atoms with Crippen LogP contribution in [0.1, 0.15) is 18.4 Å². The second kappa shape index (κ2) is 7.65. The average Bonchev–Trinajstić information content (AvgIpc) is 2.55. The van der Waals surface area contributed by atoms with Crippen LogP contribution in [-0.4, -0.2) is 44.2 Å². The van der Waals surface area contributed by atoms with Crippen molar-refractivity contribution in [2.24, 2.45) is 5.92 Å². The van der Waals surface area contributed by atoms with E-state index in [1.807, 2.05) is 12.1 Å². The number of ether oxygens (including phenoxy) is 2. The summed E-state index contributed by atoms with van der Waals surface area (Å²) in [5, 5.41) is 8.72. The molecule has 0 spiro atoms. The third-order valence-electron chi connectivity index (χ3n) is 3.78. The first kappa shape index (κ1) is 15.3. The van der Waals surface area contributed by atoms with Crippen molar-refractivity contribution in [1.29, 1.82) is 5.26 Å². The molecule has 1 saturated heterocycles. The molecular weight excluding hydrogens is 268 g/mol. The Hall–Kier alpha value is -2.06. The largest absolute Gasteiger partial charge is 0.492 e. The minimum atomic E-state index is -0.0940. The number of benzene rings is 1. The molecule has 1 fully saturated rings. The summed E-state index contributed by atoms with van der Waals surface area (Å²) >= 11 is 0. The molecule has 0 saturated carbocycles. The van der Waals surface area contributed by atoms with E-state index in [-0.39, 0.29) is 11.9 Å². The fourth-order valence-electron chi connectivity index (χ4n) is 2.48. The molecule has 0 amide bonds. The number of carbonyl (C=O) groups is 1. The van der Waals surface area contributed by atoms with Crippen molar-refractivity contribution < 1.29 is 14.3 Å². The number of nitriles is 1. The maximum atomic E-state index is 11.4. The van der Waals surface area contributed by atoms with E-state index in [0.717, 1.165) is 38.2 Å². The van der Waals surface area contributed by atoms with Crippen LogP contribution >= 0.6 is 0 Å². The molecule has 1 aromatic carbocycles.